The van der Waals surface area contributed by atoms with Gasteiger partial charge in [0.05, 0.1) is 6.61 Å². The van der Waals surface area contributed by atoms with Crippen molar-refractivity contribution in [3.05, 3.63) is 0 Å². The molecule has 0 aromatic carbocycles. The normalized spacial score (nSPS) is 30.2. The Morgan fingerprint density at radius 1 is 1.29 bits per heavy atom. The van der Waals surface area contributed by atoms with Crippen molar-refractivity contribution < 1.29 is 4.74 Å². The van der Waals surface area contributed by atoms with Crippen LogP contribution in [0.4, 0.5) is 0 Å². The van der Waals surface area contributed by atoms with Crippen molar-refractivity contribution in [2.75, 3.05) is 53.0 Å². The van der Waals surface area contributed by atoms with Crippen LogP contribution in [0.15, 0.2) is 4.99 Å². The maximum Gasteiger partial charge on any atom is 0.193 e. The van der Waals surface area contributed by atoms with Gasteiger partial charge < -0.3 is 15.0 Å². The van der Waals surface area contributed by atoms with E-state index in [1.165, 1.54) is 51.6 Å². The lowest BCUT2D eigenvalue weighted by Crippen LogP contribution is -2.44. The van der Waals surface area contributed by atoms with Crippen LogP contribution < -0.4 is 5.32 Å². The molecule has 24 heavy (non-hydrogen) atoms. The summed E-state index contributed by atoms with van der Waals surface area (Å²) in [7, 11) is 1.92. The first kappa shape index (κ1) is 18.7. The summed E-state index contributed by atoms with van der Waals surface area (Å²) in [4.78, 5) is 9.69. The van der Waals surface area contributed by atoms with Crippen molar-refractivity contribution in [2.24, 2.45) is 16.3 Å². The Morgan fingerprint density at radius 2 is 2.12 bits per heavy atom. The minimum Gasteiger partial charge on any atom is -0.381 e. The van der Waals surface area contributed by atoms with Crippen LogP contribution in [0.3, 0.4) is 0 Å². The molecule has 2 saturated heterocycles. The van der Waals surface area contributed by atoms with Crippen LogP contribution >= 0.6 is 24.0 Å². The van der Waals surface area contributed by atoms with Gasteiger partial charge in [0.1, 0.15) is 0 Å². The van der Waals surface area contributed by atoms with Crippen molar-refractivity contribution in [1.29, 1.82) is 0 Å². The van der Waals surface area contributed by atoms with E-state index >= 15 is 0 Å². The van der Waals surface area contributed by atoms with Crippen molar-refractivity contribution in [3.63, 3.8) is 0 Å². The zero-order chi connectivity index (χ0) is 15.7. The molecule has 2 saturated carbocycles. The van der Waals surface area contributed by atoms with Gasteiger partial charge in [-0.25, -0.2) is 0 Å². The predicted octanol–water partition coefficient (Wildman–Crippen LogP) is 2.17. The largest absolute Gasteiger partial charge is 0.381 e. The molecule has 2 heterocycles. The lowest BCUT2D eigenvalue weighted by Gasteiger charge is -2.26. The van der Waals surface area contributed by atoms with Crippen molar-refractivity contribution in [1.82, 2.24) is 15.1 Å². The Labute approximate surface area is 163 Å². The number of nitrogens with zero attached hydrogens (tertiary/aromatic N) is 3. The topological polar surface area (TPSA) is 40.1 Å². The molecule has 0 bridgehead atoms. The highest BCUT2D eigenvalue weighted by Gasteiger charge is 2.42. The van der Waals surface area contributed by atoms with Gasteiger partial charge in [0.2, 0.25) is 0 Å². The fourth-order valence-electron chi connectivity index (χ4n) is 4.23. The molecule has 4 rings (SSSR count). The van der Waals surface area contributed by atoms with Crippen LogP contribution in [0.1, 0.15) is 38.5 Å². The molecule has 6 heteroatoms. The molecular formula is C18H33IN4O. The van der Waals surface area contributed by atoms with Crippen LogP contribution in [-0.4, -0.2) is 74.8 Å². The van der Waals surface area contributed by atoms with Gasteiger partial charge >= 0.3 is 0 Å². The van der Waals surface area contributed by atoms with Crippen LogP contribution in [0.25, 0.3) is 0 Å². The molecular weight excluding hydrogens is 415 g/mol. The first-order chi connectivity index (χ1) is 11.3. The zero-order valence-corrected chi connectivity index (χ0v) is 17.3. The summed E-state index contributed by atoms with van der Waals surface area (Å²) in [6.07, 6.45) is 8.21. The maximum atomic E-state index is 5.64. The molecule has 2 aliphatic heterocycles. The molecule has 4 fully saturated rings. The Kier molecular flexibility index (Phi) is 6.30. The number of rotatable bonds is 6. The molecule has 1 N–H and O–H groups in total. The summed E-state index contributed by atoms with van der Waals surface area (Å²) in [6, 6.07) is 0.880. The number of hydrogen-bond donors (Lipinski definition) is 1. The van der Waals surface area contributed by atoms with Gasteiger partial charge in [-0.2, -0.15) is 0 Å². The summed E-state index contributed by atoms with van der Waals surface area (Å²) in [5.41, 5.74) is 0.406. The molecule has 1 atom stereocenters. The maximum absolute atomic E-state index is 5.64. The first-order valence-electron chi connectivity index (χ1n) is 9.55. The third-order valence-corrected chi connectivity index (χ3v) is 6.07. The highest BCUT2D eigenvalue weighted by molar-refractivity contribution is 14.0. The first-order valence-corrected chi connectivity index (χ1v) is 9.55. The standard InChI is InChI=1S/C18H32N4O.HI/c1-19-17(22-9-6-18(13-22)7-11-23-14-18)20-8-10-21(16-4-5-16)12-15-2-3-15;/h15-16H,2-14H2,1H3,(H,19,20);1H. The molecule has 0 amide bonds. The third-order valence-electron chi connectivity index (χ3n) is 6.07. The third kappa shape index (κ3) is 4.55. The van der Waals surface area contributed by atoms with Gasteiger partial charge in [0.25, 0.3) is 0 Å². The van der Waals surface area contributed by atoms with E-state index in [0.29, 0.717) is 5.41 Å². The second kappa shape index (κ2) is 8.08. The van der Waals surface area contributed by atoms with Crippen LogP contribution in [0.2, 0.25) is 0 Å². The molecule has 2 aliphatic carbocycles. The number of ether oxygens (including phenoxy) is 1. The Morgan fingerprint density at radius 3 is 2.75 bits per heavy atom. The smallest absolute Gasteiger partial charge is 0.193 e. The number of hydrogen-bond acceptors (Lipinski definition) is 3. The van der Waals surface area contributed by atoms with Gasteiger partial charge in [0, 0.05) is 57.8 Å². The van der Waals surface area contributed by atoms with Crippen molar-refractivity contribution in [3.8, 4) is 0 Å². The summed E-state index contributed by atoms with van der Waals surface area (Å²) >= 11 is 0. The Balaban J connectivity index is 0.00000169. The molecule has 1 spiro atoms. The van der Waals surface area contributed by atoms with Gasteiger partial charge in [-0.3, -0.25) is 9.89 Å². The second-order valence-electron chi connectivity index (χ2n) is 8.12. The van der Waals surface area contributed by atoms with Crippen molar-refractivity contribution >= 4 is 29.9 Å². The zero-order valence-electron chi connectivity index (χ0n) is 15.0. The van der Waals surface area contributed by atoms with E-state index in [-0.39, 0.29) is 24.0 Å². The molecule has 4 aliphatic rings. The lowest BCUT2D eigenvalue weighted by molar-refractivity contribution is 0.156. The quantitative estimate of drug-likeness (QED) is 0.384. The number of halogens is 1. The molecule has 0 aromatic heterocycles. The average Bonchev–Trinajstić information content (AvgIpc) is 3.49. The number of nitrogens with one attached hydrogen (secondary N) is 1. The van der Waals surface area contributed by atoms with E-state index in [0.717, 1.165) is 50.8 Å². The lowest BCUT2D eigenvalue weighted by atomic mass is 9.87. The second-order valence-corrected chi connectivity index (χ2v) is 8.12. The van der Waals surface area contributed by atoms with Gasteiger partial charge in [-0.15, -0.1) is 24.0 Å². The highest BCUT2D eigenvalue weighted by atomic mass is 127. The monoisotopic (exact) mass is 448 g/mol. The SMILES string of the molecule is CN=C(NCCN(CC1CC1)C1CC1)N1CCC2(CCOC2)C1.I. The number of guanidine groups is 1. The Hall–Kier alpha value is -0.0800. The summed E-state index contributed by atoms with van der Waals surface area (Å²) in [6.45, 7) is 7.64. The molecule has 1 unspecified atom stereocenters. The minimum absolute atomic E-state index is 0. The fraction of sp³-hybridized carbons (Fsp3) is 0.944. The van der Waals surface area contributed by atoms with Crippen LogP contribution in [-0.2, 0) is 4.74 Å². The molecule has 0 aromatic rings. The minimum atomic E-state index is 0. The Bertz CT molecular complexity index is 444. The number of likely N-dealkylation sites (tertiary alicyclic amines) is 1. The van der Waals surface area contributed by atoms with E-state index < -0.39 is 0 Å². The number of aliphatic imine (C=N–C) groups is 1. The average molecular weight is 448 g/mol. The van der Waals surface area contributed by atoms with E-state index in [1.54, 1.807) is 0 Å². The van der Waals surface area contributed by atoms with Crippen LogP contribution in [0, 0.1) is 11.3 Å². The summed E-state index contributed by atoms with van der Waals surface area (Å²) in [5.74, 6) is 2.09. The van der Waals surface area contributed by atoms with E-state index in [9.17, 15) is 0 Å². The van der Waals surface area contributed by atoms with E-state index in [1.807, 2.05) is 7.05 Å². The predicted molar refractivity (Wildman–Crippen MR) is 108 cm³/mol. The molecule has 138 valence electrons. The molecule has 0 radical (unpaired) electrons. The van der Waals surface area contributed by atoms with Crippen LogP contribution in [0.5, 0.6) is 0 Å². The summed E-state index contributed by atoms with van der Waals surface area (Å²) < 4.78 is 5.64. The van der Waals surface area contributed by atoms with Gasteiger partial charge in [-0.05, 0) is 44.4 Å². The van der Waals surface area contributed by atoms with Gasteiger partial charge in [-0.1, -0.05) is 0 Å². The highest BCUT2D eigenvalue weighted by Crippen LogP contribution is 2.38. The van der Waals surface area contributed by atoms with Gasteiger partial charge in [0.15, 0.2) is 5.96 Å². The molecule has 5 nitrogen and oxygen atoms in total. The fourth-order valence-corrected chi connectivity index (χ4v) is 4.23. The summed E-state index contributed by atoms with van der Waals surface area (Å²) in [5, 5.41) is 3.62. The van der Waals surface area contributed by atoms with Crippen molar-refractivity contribution in [2.45, 2.75) is 44.6 Å². The van der Waals surface area contributed by atoms with E-state index in [2.05, 4.69) is 20.1 Å². The van der Waals surface area contributed by atoms with E-state index in [4.69, 9.17) is 4.74 Å².